The normalized spacial score (nSPS) is 31.7. The van der Waals surface area contributed by atoms with Crippen molar-refractivity contribution in [3.05, 3.63) is 0 Å². The first-order valence-electron chi connectivity index (χ1n) is 7.10. The molecule has 5 heteroatoms. The lowest BCUT2D eigenvalue weighted by Crippen LogP contribution is -2.51. The van der Waals surface area contributed by atoms with E-state index in [0.717, 1.165) is 51.6 Å². The van der Waals surface area contributed by atoms with Crippen molar-refractivity contribution in [2.45, 2.75) is 56.7 Å². The van der Waals surface area contributed by atoms with Crippen LogP contribution in [0.4, 0.5) is 0 Å². The summed E-state index contributed by atoms with van der Waals surface area (Å²) in [4.78, 5) is 26.2. The molecular weight excluding hydrogens is 230 g/mol. The molecular formula is C13H21N3O2. The van der Waals surface area contributed by atoms with Gasteiger partial charge in [-0.15, -0.1) is 0 Å². The highest BCUT2D eigenvalue weighted by atomic mass is 16.2. The average molecular weight is 251 g/mol. The molecule has 2 amide bonds. The van der Waals surface area contributed by atoms with Gasteiger partial charge in [-0.25, -0.2) is 0 Å². The summed E-state index contributed by atoms with van der Waals surface area (Å²) < 4.78 is 0. The SMILES string of the molecule is O=C(NC1CC1)C1CCCN1C(=O)[C@H]1CCCN1. The van der Waals surface area contributed by atoms with Gasteiger partial charge in [-0.1, -0.05) is 0 Å². The largest absolute Gasteiger partial charge is 0.352 e. The molecule has 5 nitrogen and oxygen atoms in total. The maximum atomic E-state index is 12.3. The third-order valence-corrected chi connectivity index (χ3v) is 4.12. The number of nitrogens with zero attached hydrogens (tertiary/aromatic N) is 1. The summed E-state index contributed by atoms with van der Waals surface area (Å²) in [7, 11) is 0. The molecule has 1 unspecified atom stereocenters. The van der Waals surface area contributed by atoms with Crippen molar-refractivity contribution in [3.8, 4) is 0 Å². The smallest absolute Gasteiger partial charge is 0.243 e. The van der Waals surface area contributed by atoms with Crippen LogP contribution in [0.2, 0.25) is 0 Å². The fourth-order valence-corrected chi connectivity index (χ4v) is 2.92. The lowest BCUT2D eigenvalue weighted by atomic mass is 10.1. The van der Waals surface area contributed by atoms with Crippen LogP contribution >= 0.6 is 0 Å². The Bertz CT molecular complexity index is 348. The highest BCUT2D eigenvalue weighted by Gasteiger charge is 2.39. The zero-order chi connectivity index (χ0) is 12.5. The van der Waals surface area contributed by atoms with E-state index in [1.165, 1.54) is 0 Å². The Morgan fingerprint density at radius 3 is 2.61 bits per heavy atom. The van der Waals surface area contributed by atoms with E-state index in [9.17, 15) is 9.59 Å². The van der Waals surface area contributed by atoms with Crippen molar-refractivity contribution in [1.29, 1.82) is 0 Å². The number of nitrogens with one attached hydrogen (secondary N) is 2. The predicted molar refractivity (Wildman–Crippen MR) is 66.9 cm³/mol. The Labute approximate surface area is 107 Å². The number of carbonyl (C=O) groups is 2. The second-order valence-electron chi connectivity index (χ2n) is 5.62. The third kappa shape index (κ3) is 2.36. The molecule has 2 atom stereocenters. The molecule has 3 fully saturated rings. The maximum Gasteiger partial charge on any atom is 0.243 e. The summed E-state index contributed by atoms with van der Waals surface area (Å²) >= 11 is 0. The van der Waals surface area contributed by atoms with Crippen molar-refractivity contribution in [1.82, 2.24) is 15.5 Å². The van der Waals surface area contributed by atoms with E-state index >= 15 is 0 Å². The van der Waals surface area contributed by atoms with E-state index in [0.29, 0.717) is 6.04 Å². The van der Waals surface area contributed by atoms with Crippen LogP contribution in [0.5, 0.6) is 0 Å². The van der Waals surface area contributed by atoms with Crippen molar-refractivity contribution >= 4 is 11.8 Å². The third-order valence-electron chi connectivity index (χ3n) is 4.12. The summed E-state index contributed by atoms with van der Waals surface area (Å²) in [5.74, 6) is 0.183. The van der Waals surface area contributed by atoms with E-state index in [-0.39, 0.29) is 23.9 Å². The number of amides is 2. The monoisotopic (exact) mass is 251 g/mol. The van der Waals surface area contributed by atoms with Gasteiger partial charge in [0.2, 0.25) is 11.8 Å². The molecule has 1 saturated carbocycles. The summed E-state index contributed by atoms with van der Waals surface area (Å²) in [6.07, 6.45) is 5.92. The molecule has 2 heterocycles. The predicted octanol–water partition coefficient (Wildman–Crippen LogP) is 0.00800. The first kappa shape index (κ1) is 12.0. The Balaban J connectivity index is 1.62. The summed E-state index contributed by atoms with van der Waals surface area (Å²) in [6, 6.07) is 0.0967. The van der Waals surface area contributed by atoms with Crippen LogP contribution in [0.3, 0.4) is 0 Å². The molecule has 2 saturated heterocycles. The number of likely N-dealkylation sites (tertiary alicyclic amines) is 1. The fourth-order valence-electron chi connectivity index (χ4n) is 2.92. The minimum absolute atomic E-state index is 0.0562. The van der Waals surface area contributed by atoms with E-state index < -0.39 is 0 Å². The maximum absolute atomic E-state index is 12.3. The molecule has 0 aromatic carbocycles. The minimum atomic E-state index is -0.222. The zero-order valence-electron chi connectivity index (χ0n) is 10.7. The lowest BCUT2D eigenvalue weighted by molar-refractivity contribution is -0.139. The molecule has 3 rings (SSSR count). The number of carbonyl (C=O) groups excluding carboxylic acids is 2. The van der Waals surface area contributed by atoms with Crippen molar-refractivity contribution in [3.63, 3.8) is 0 Å². The van der Waals surface area contributed by atoms with Gasteiger partial charge in [0.15, 0.2) is 0 Å². The Kier molecular flexibility index (Phi) is 3.24. The van der Waals surface area contributed by atoms with Crippen LogP contribution in [0.25, 0.3) is 0 Å². The molecule has 2 N–H and O–H groups in total. The summed E-state index contributed by atoms with van der Waals surface area (Å²) in [6.45, 7) is 1.66. The quantitative estimate of drug-likeness (QED) is 0.742. The molecule has 18 heavy (non-hydrogen) atoms. The van der Waals surface area contributed by atoms with Gasteiger partial charge in [0.1, 0.15) is 6.04 Å². The second kappa shape index (κ2) is 4.88. The van der Waals surface area contributed by atoms with Crippen LogP contribution in [-0.4, -0.2) is 47.9 Å². The lowest BCUT2D eigenvalue weighted by Gasteiger charge is -2.26. The van der Waals surface area contributed by atoms with Gasteiger partial charge in [0.25, 0.3) is 0 Å². The molecule has 100 valence electrons. The highest BCUT2D eigenvalue weighted by molar-refractivity contribution is 5.90. The van der Waals surface area contributed by atoms with Gasteiger partial charge in [-0.2, -0.15) is 0 Å². The van der Waals surface area contributed by atoms with Crippen molar-refractivity contribution in [2.24, 2.45) is 0 Å². The molecule has 1 aliphatic carbocycles. The molecule has 0 radical (unpaired) electrons. The Morgan fingerprint density at radius 1 is 1.11 bits per heavy atom. The standard InChI is InChI=1S/C13H21N3O2/c17-12(15-9-5-6-9)11-4-2-8-16(11)13(18)10-3-1-7-14-10/h9-11,14H,1-8H2,(H,15,17)/t10-,11?/m1/s1. The van der Waals surface area contributed by atoms with E-state index in [1.807, 2.05) is 0 Å². The van der Waals surface area contributed by atoms with Crippen molar-refractivity contribution in [2.75, 3.05) is 13.1 Å². The number of hydrogen-bond acceptors (Lipinski definition) is 3. The summed E-state index contributed by atoms with van der Waals surface area (Å²) in [5, 5.41) is 6.24. The summed E-state index contributed by atoms with van der Waals surface area (Å²) in [5.41, 5.74) is 0. The molecule has 3 aliphatic rings. The van der Waals surface area contributed by atoms with E-state index in [4.69, 9.17) is 0 Å². The molecule has 2 aliphatic heterocycles. The van der Waals surface area contributed by atoms with Gasteiger partial charge in [0, 0.05) is 12.6 Å². The van der Waals surface area contributed by atoms with Crippen molar-refractivity contribution < 1.29 is 9.59 Å². The van der Waals surface area contributed by atoms with Crippen LogP contribution in [0.15, 0.2) is 0 Å². The molecule has 0 bridgehead atoms. The average Bonchev–Trinajstić information content (AvgIpc) is 2.91. The van der Waals surface area contributed by atoms with Gasteiger partial charge >= 0.3 is 0 Å². The van der Waals surface area contributed by atoms with E-state index in [1.54, 1.807) is 4.90 Å². The molecule has 0 spiro atoms. The molecule has 0 aromatic rings. The van der Waals surface area contributed by atoms with Gasteiger partial charge in [0.05, 0.1) is 6.04 Å². The van der Waals surface area contributed by atoms with Crippen LogP contribution in [0.1, 0.15) is 38.5 Å². The molecule has 0 aromatic heterocycles. The fraction of sp³-hybridized carbons (Fsp3) is 0.846. The Morgan fingerprint density at radius 2 is 1.94 bits per heavy atom. The number of hydrogen-bond donors (Lipinski definition) is 2. The highest BCUT2D eigenvalue weighted by Crippen LogP contribution is 2.23. The van der Waals surface area contributed by atoms with Crippen LogP contribution < -0.4 is 10.6 Å². The van der Waals surface area contributed by atoms with Crippen LogP contribution in [0, 0.1) is 0 Å². The topological polar surface area (TPSA) is 61.4 Å². The first-order chi connectivity index (χ1) is 8.75. The van der Waals surface area contributed by atoms with Gasteiger partial charge in [-0.05, 0) is 45.1 Å². The minimum Gasteiger partial charge on any atom is -0.352 e. The van der Waals surface area contributed by atoms with E-state index in [2.05, 4.69) is 10.6 Å². The van der Waals surface area contributed by atoms with Gasteiger partial charge in [-0.3, -0.25) is 9.59 Å². The first-order valence-corrected chi connectivity index (χ1v) is 7.10. The Hall–Kier alpha value is -1.10. The van der Waals surface area contributed by atoms with Gasteiger partial charge < -0.3 is 15.5 Å². The van der Waals surface area contributed by atoms with Crippen LogP contribution in [-0.2, 0) is 9.59 Å². The zero-order valence-corrected chi connectivity index (χ0v) is 10.7. The number of rotatable bonds is 3. The second-order valence-corrected chi connectivity index (χ2v) is 5.62.